The highest BCUT2D eigenvalue weighted by Gasteiger charge is 2.53. The van der Waals surface area contributed by atoms with E-state index in [0.29, 0.717) is 6.42 Å². The van der Waals surface area contributed by atoms with E-state index in [-0.39, 0.29) is 68.3 Å². The molecule has 19 nitrogen and oxygen atoms in total. The number of likely N-dealkylation sites (N-methyl/N-ethyl adjacent to an activating group) is 1. The molecule has 0 radical (unpaired) electrons. The maximum Gasteiger partial charge on any atom is 0.328 e. The number of esters is 1. The monoisotopic (exact) mass is 975 g/mol. The lowest BCUT2D eigenvalue weighted by molar-refractivity contribution is -0.318. The van der Waals surface area contributed by atoms with Gasteiger partial charge in [-0.2, -0.15) is 0 Å². The van der Waals surface area contributed by atoms with Crippen molar-refractivity contribution in [1.29, 1.82) is 0 Å². The predicted octanol–water partition coefficient (Wildman–Crippen LogP) is 2.35. The fourth-order valence-corrected chi connectivity index (χ4v) is 11.1. The molecule has 386 valence electrons. The number of aliphatic hydroxyl groups excluding tert-OH is 3. The van der Waals surface area contributed by atoms with Gasteiger partial charge >= 0.3 is 12.0 Å². The van der Waals surface area contributed by atoms with Gasteiger partial charge in [0.25, 0.3) is 10.0 Å². The smallest absolute Gasteiger partial charge is 0.328 e. The number of carbonyl (C=O) groups is 2. The Balaban J connectivity index is 1.73. The second-order valence-electron chi connectivity index (χ2n) is 20.2. The summed E-state index contributed by atoms with van der Waals surface area (Å²) in [5, 5.41) is 62.3. The van der Waals surface area contributed by atoms with Crippen molar-refractivity contribution in [2.75, 3.05) is 40.8 Å². The maximum atomic E-state index is 14.5. The first-order valence-corrected chi connectivity index (χ1v) is 25.2. The highest BCUT2D eigenvalue weighted by atomic mass is 32.2. The number of methoxy groups -OCH3 is 1. The van der Waals surface area contributed by atoms with E-state index in [1.165, 1.54) is 26.2 Å². The number of hydrogen-bond donors (Lipinski definition) is 7. The number of sulfonamides is 1. The molecule has 0 bridgehead atoms. The van der Waals surface area contributed by atoms with Crippen molar-refractivity contribution in [3.05, 3.63) is 30.3 Å². The third-order valence-electron chi connectivity index (χ3n) is 14.2. The Morgan fingerprint density at radius 3 is 2.19 bits per heavy atom. The molecule has 1 aromatic carbocycles. The van der Waals surface area contributed by atoms with Gasteiger partial charge in [0.2, 0.25) is 0 Å². The molecule has 1 aromatic rings. The Hall–Kier alpha value is -2.57. The van der Waals surface area contributed by atoms with E-state index < -0.39 is 112 Å². The number of hydrogen-bond acceptors (Lipinski definition) is 17. The number of cyclic esters (lactones) is 1. The lowest BCUT2D eigenvalue weighted by Crippen LogP contribution is -2.60. The van der Waals surface area contributed by atoms with Crippen molar-refractivity contribution in [3.8, 4) is 0 Å². The summed E-state index contributed by atoms with van der Waals surface area (Å²) in [5.74, 6) is -3.08. The van der Waals surface area contributed by atoms with Crippen LogP contribution in [0, 0.1) is 17.8 Å². The summed E-state index contributed by atoms with van der Waals surface area (Å²) in [6.45, 7) is 17.6. The van der Waals surface area contributed by atoms with Crippen LogP contribution in [0.2, 0.25) is 0 Å². The SMILES string of the molecule is CC[C@H]1OC(=O)[C@H](C)[C@@H](OC2C[C@](C)(OC)[C@H](O)[C@@H](C)O2)[C@@H](C)[C@@H](O[C@H]2O[C@@H](C)C[C@H](N(C)C)[C@@H]2O)[C@](C)(O)C[C@@H](C)CN(CCCNC(=O)NS(=O)(=O)c2ccccc2)[C@H](C)[C@@H](O)[C@]1(C)O. The van der Waals surface area contributed by atoms with Gasteiger partial charge in [0, 0.05) is 51.2 Å². The minimum atomic E-state index is -4.12. The molecule has 0 aliphatic carbocycles. The number of ether oxygens (including phenoxy) is 6. The molecule has 0 spiro atoms. The molecule has 3 heterocycles. The number of nitrogens with zero attached hydrogens (tertiary/aromatic N) is 2. The summed E-state index contributed by atoms with van der Waals surface area (Å²) in [4.78, 5) is 31.0. The fourth-order valence-electron chi connectivity index (χ4n) is 10.2. The molecule has 2 amide bonds. The number of benzene rings is 1. The second kappa shape index (κ2) is 23.6. The summed E-state index contributed by atoms with van der Waals surface area (Å²) in [7, 11) is 1.07. The van der Waals surface area contributed by atoms with Crippen LogP contribution in [0.15, 0.2) is 35.2 Å². The van der Waals surface area contributed by atoms with Crippen LogP contribution in [0.4, 0.5) is 4.79 Å². The predicted molar refractivity (Wildman–Crippen MR) is 248 cm³/mol. The largest absolute Gasteiger partial charge is 0.459 e. The summed E-state index contributed by atoms with van der Waals surface area (Å²) < 4.78 is 65.4. The number of rotatable bonds is 13. The van der Waals surface area contributed by atoms with Crippen LogP contribution in [-0.2, 0) is 43.2 Å². The van der Waals surface area contributed by atoms with E-state index in [1.54, 1.807) is 66.7 Å². The minimum absolute atomic E-state index is 0.0436. The maximum absolute atomic E-state index is 14.5. The second-order valence-corrected chi connectivity index (χ2v) is 21.9. The highest BCUT2D eigenvalue weighted by molar-refractivity contribution is 7.90. The first-order valence-electron chi connectivity index (χ1n) is 23.7. The van der Waals surface area contributed by atoms with E-state index >= 15 is 0 Å². The zero-order valence-electron chi connectivity index (χ0n) is 41.8. The Labute approximate surface area is 398 Å². The van der Waals surface area contributed by atoms with E-state index in [4.69, 9.17) is 28.4 Å². The Morgan fingerprint density at radius 2 is 1.60 bits per heavy atom. The molecule has 3 aliphatic rings. The zero-order valence-corrected chi connectivity index (χ0v) is 42.6. The van der Waals surface area contributed by atoms with E-state index in [1.807, 2.05) is 42.5 Å². The Morgan fingerprint density at radius 1 is 0.955 bits per heavy atom. The normalized spacial score (nSPS) is 41.2. The molecule has 67 heavy (non-hydrogen) atoms. The summed E-state index contributed by atoms with van der Waals surface area (Å²) in [5.41, 5.74) is -4.78. The van der Waals surface area contributed by atoms with Crippen LogP contribution in [0.1, 0.15) is 101 Å². The molecule has 1 unspecified atom stereocenters. The minimum Gasteiger partial charge on any atom is -0.459 e. The van der Waals surface area contributed by atoms with Gasteiger partial charge in [0.05, 0.1) is 46.4 Å². The molecular weight excluding hydrogens is 893 g/mol. The molecule has 3 aliphatic heterocycles. The molecular formula is C47H82N4O15S. The Bertz CT molecular complexity index is 1840. The number of urea groups is 1. The standard InChI is InChI=1S/C47H82N4O15S/c1-14-35-47(10,58)39(53)31(6)51(22-18-21-48-44(56)49-67(59,60)33-19-16-15-17-20-33)26-27(2)24-45(8,57)41(66-43-37(52)34(50(11)12)23-28(3)62-43)29(4)38(30(5)42(55)64-35)65-36-25-46(9,61-13)40(54)32(7)63-36/h15-17,19-20,27-32,34-41,43,52-54,57-58H,14,18,21-26H2,1-13H3,(H2,48,49,56)/t27-,28+,29-,30-,31-,32-,34+,35-,36?,37+,38+,39-,40-,41-,43-,45-,46+,47-/m1/s1. The van der Waals surface area contributed by atoms with Gasteiger partial charge in [-0.25, -0.2) is 17.9 Å². The molecule has 0 saturated carbocycles. The van der Waals surface area contributed by atoms with Gasteiger partial charge in [0.15, 0.2) is 12.6 Å². The van der Waals surface area contributed by atoms with Crippen molar-refractivity contribution in [3.63, 3.8) is 0 Å². The summed E-state index contributed by atoms with van der Waals surface area (Å²) in [6, 6.07) is 5.44. The van der Waals surface area contributed by atoms with Gasteiger partial charge in [-0.05, 0) is 106 Å². The van der Waals surface area contributed by atoms with Crippen LogP contribution in [0.5, 0.6) is 0 Å². The van der Waals surface area contributed by atoms with Gasteiger partial charge in [-0.3, -0.25) is 9.69 Å². The average Bonchev–Trinajstić information content (AvgIpc) is 3.25. The van der Waals surface area contributed by atoms with Crippen LogP contribution in [0.25, 0.3) is 0 Å². The number of carbonyl (C=O) groups excluding carboxylic acids is 2. The molecule has 3 saturated heterocycles. The van der Waals surface area contributed by atoms with Gasteiger partial charge < -0.3 is 64.2 Å². The molecule has 20 heteroatoms. The van der Waals surface area contributed by atoms with Crippen LogP contribution in [-0.4, -0.2) is 187 Å². The van der Waals surface area contributed by atoms with Gasteiger partial charge in [0.1, 0.15) is 30.0 Å². The summed E-state index contributed by atoms with van der Waals surface area (Å²) in [6.07, 6.45) is -9.30. The molecule has 3 fully saturated rings. The van der Waals surface area contributed by atoms with Crippen molar-refractivity contribution < 1.29 is 72.0 Å². The Kier molecular flexibility index (Phi) is 20.1. The quantitative estimate of drug-likeness (QED) is 0.111. The van der Waals surface area contributed by atoms with Crippen molar-refractivity contribution in [1.82, 2.24) is 19.8 Å². The molecule has 0 aromatic heterocycles. The lowest BCUT2D eigenvalue weighted by Gasteiger charge is -2.48. The highest BCUT2D eigenvalue weighted by Crippen LogP contribution is 2.40. The zero-order chi connectivity index (χ0) is 50.4. The van der Waals surface area contributed by atoms with Crippen molar-refractivity contribution in [2.24, 2.45) is 17.8 Å². The number of nitrogens with one attached hydrogen (secondary N) is 2. The van der Waals surface area contributed by atoms with Gasteiger partial charge in [-0.15, -0.1) is 0 Å². The topological polar surface area (TPSA) is 255 Å². The molecule has 18 atom stereocenters. The third-order valence-corrected chi connectivity index (χ3v) is 15.6. The lowest BCUT2D eigenvalue weighted by atomic mass is 9.77. The first kappa shape index (κ1) is 57.0. The number of aliphatic hydroxyl groups is 5. The van der Waals surface area contributed by atoms with Gasteiger partial charge in [-0.1, -0.05) is 39.0 Å². The van der Waals surface area contributed by atoms with E-state index in [2.05, 4.69) is 5.32 Å². The average molecular weight is 975 g/mol. The third kappa shape index (κ3) is 14.1. The van der Waals surface area contributed by atoms with Crippen molar-refractivity contribution >= 4 is 22.0 Å². The summed E-state index contributed by atoms with van der Waals surface area (Å²) >= 11 is 0. The molecule has 4 rings (SSSR count). The van der Waals surface area contributed by atoms with E-state index in [0.717, 1.165) is 0 Å². The van der Waals surface area contributed by atoms with E-state index in [9.17, 15) is 43.5 Å². The van der Waals surface area contributed by atoms with Crippen LogP contribution >= 0.6 is 0 Å². The van der Waals surface area contributed by atoms with Crippen LogP contribution in [0.3, 0.4) is 0 Å². The van der Waals surface area contributed by atoms with Crippen LogP contribution < -0.4 is 10.0 Å². The molecule has 7 N–H and O–H groups in total. The first-order chi connectivity index (χ1) is 31.1. The number of amides is 2. The van der Waals surface area contributed by atoms with Crippen molar-refractivity contribution in [2.45, 2.75) is 197 Å². The fraction of sp³-hybridized carbons (Fsp3) is 0.830.